The van der Waals surface area contributed by atoms with Crippen LogP contribution < -0.4 is 4.90 Å². The molecule has 0 saturated carbocycles. The minimum absolute atomic E-state index is 0.329. The molecule has 1 saturated heterocycles. The fourth-order valence-corrected chi connectivity index (χ4v) is 3.09. The molecule has 0 aromatic heterocycles. The van der Waals surface area contributed by atoms with Gasteiger partial charge in [0.1, 0.15) is 0 Å². The lowest BCUT2D eigenvalue weighted by atomic mass is 9.70. The maximum atomic E-state index is 2.39. The third kappa shape index (κ3) is 2.83. The molecule has 1 aliphatic heterocycles. The summed E-state index contributed by atoms with van der Waals surface area (Å²) in [6.07, 6.45) is 0. The molecule has 1 heteroatoms. The molecule has 94 valence electrons. The maximum absolute atomic E-state index is 2.39. The second-order valence-corrected chi connectivity index (χ2v) is 6.67. The third-order valence-corrected chi connectivity index (χ3v) is 3.66. The van der Waals surface area contributed by atoms with E-state index in [0.29, 0.717) is 17.3 Å². The lowest BCUT2D eigenvalue weighted by Gasteiger charge is -2.34. The minimum Gasteiger partial charge on any atom is -0.368 e. The van der Waals surface area contributed by atoms with Crippen molar-refractivity contribution in [2.24, 2.45) is 11.3 Å². The van der Waals surface area contributed by atoms with Gasteiger partial charge in [0.25, 0.3) is 0 Å². The van der Waals surface area contributed by atoms with Crippen molar-refractivity contribution in [3.05, 3.63) is 29.8 Å². The van der Waals surface area contributed by atoms with E-state index in [0.717, 1.165) is 0 Å². The van der Waals surface area contributed by atoms with E-state index in [1.807, 2.05) is 0 Å². The first-order chi connectivity index (χ1) is 7.89. The van der Waals surface area contributed by atoms with Crippen molar-refractivity contribution in [2.75, 3.05) is 18.0 Å². The van der Waals surface area contributed by atoms with Gasteiger partial charge >= 0.3 is 0 Å². The van der Waals surface area contributed by atoms with Crippen LogP contribution in [0.5, 0.6) is 0 Å². The van der Waals surface area contributed by atoms with E-state index in [-0.39, 0.29) is 0 Å². The summed E-state index contributed by atoms with van der Waals surface area (Å²) < 4.78 is 0. The number of rotatable bonds is 3. The summed E-state index contributed by atoms with van der Waals surface area (Å²) in [4.78, 5) is 2.39. The topological polar surface area (TPSA) is 3.01 Å². The second-order valence-electron chi connectivity index (χ2n) is 6.67. The average molecular weight is 231 g/mol. The van der Waals surface area contributed by atoms with Gasteiger partial charge in [-0.2, -0.15) is 0 Å². The molecule has 1 heterocycles. The maximum Gasteiger partial charge on any atom is 0.0367 e. The van der Waals surface area contributed by atoms with Gasteiger partial charge in [0, 0.05) is 18.8 Å². The van der Waals surface area contributed by atoms with Crippen LogP contribution in [0.3, 0.4) is 0 Å². The normalized spacial score (nSPS) is 17.4. The van der Waals surface area contributed by atoms with E-state index in [4.69, 9.17) is 0 Å². The average Bonchev–Trinajstić information content (AvgIpc) is 2.99. The number of benzene rings is 1. The fraction of sp³-hybridized carbons (Fsp3) is 0.625. The van der Waals surface area contributed by atoms with Crippen LogP contribution in [0.15, 0.2) is 24.3 Å². The molecule has 1 aromatic rings. The Morgan fingerprint density at radius 2 is 1.53 bits per heavy atom. The van der Waals surface area contributed by atoms with Gasteiger partial charge in [-0.25, -0.2) is 0 Å². The summed E-state index contributed by atoms with van der Waals surface area (Å²) in [5.41, 5.74) is 3.19. The molecule has 0 radical (unpaired) electrons. The van der Waals surface area contributed by atoms with Gasteiger partial charge in [-0.1, -0.05) is 46.8 Å². The molecular weight excluding hydrogens is 206 g/mol. The first-order valence-corrected chi connectivity index (χ1v) is 6.74. The van der Waals surface area contributed by atoms with Gasteiger partial charge in [-0.05, 0) is 34.9 Å². The third-order valence-electron chi connectivity index (χ3n) is 3.66. The Morgan fingerprint density at radius 1 is 1.00 bits per heavy atom. The van der Waals surface area contributed by atoms with Crippen molar-refractivity contribution in [1.82, 2.24) is 0 Å². The van der Waals surface area contributed by atoms with Crippen molar-refractivity contribution in [3.8, 4) is 0 Å². The summed E-state index contributed by atoms with van der Waals surface area (Å²) in [7, 11) is 0. The summed E-state index contributed by atoms with van der Waals surface area (Å²) in [6, 6.07) is 9.21. The van der Waals surface area contributed by atoms with Crippen LogP contribution in [0.2, 0.25) is 0 Å². The van der Waals surface area contributed by atoms with Crippen molar-refractivity contribution in [1.29, 1.82) is 0 Å². The molecule has 1 nitrogen and oxygen atoms in total. The Kier molecular flexibility index (Phi) is 3.20. The number of nitrogens with zero attached hydrogens (tertiary/aromatic N) is 1. The van der Waals surface area contributed by atoms with Gasteiger partial charge in [0.05, 0.1) is 0 Å². The Hall–Kier alpha value is -0.980. The van der Waals surface area contributed by atoms with E-state index < -0.39 is 0 Å². The lowest BCUT2D eigenvalue weighted by Crippen LogP contribution is -2.23. The molecule has 1 aromatic carbocycles. The smallest absolute Gasteiger partial charge is 0.0367 e. The van der Waals surface area contributed by atoms with Crippen LogP contribution in [0, 0.1) is 11.3 Å². The Bertz CT molecular complexity index is 366. The minimum atomic E-state index is 0.329. The molecule has 0 N–H and O–H groups in total. The van der Waals surface area contributed by atoms with Crippen molar-refractivity contribution in [2.45, 2.75) is 40.5 Å². The number of hydrogen-bond donors (Lipinski definition) is 0. The van der Waals surface area contributed by atoms with Crippen LogP contribution in [-0.4, -0.2) is 13.1 Å². The molecule has 0 spiro atoms. The SMILES string of the molecule is CC(C)C(c1ccc(N2CC2)cc1)C(C)(C)C. The highest BCUT2D eigenvalue weighted by atomic mass is 15.3. The van der Waals surface area contributed by atoms with Gasteiger partial charge in [-0.15, -0.1) is 0 Å². The highest BCUT2D eigenvalue weighted by Crippen LogP contribution is 2.41. The molecule has 0 aliphatic carbocycles. The first kappa shape index (κ1) is 12.5. The lowest BCUT2D eigenvalue weighted by molar-refractivity contribution is 0.258. The van der Waals surface area contributed by atoms with E-state index in [1.165, 1.54) is 24.3 Å². The highest BCUT2D eigenvalue weighted by molar-refractivity contribution is 5.52. The van der Waals surface area contributed by atoms with E-state index >= 15 is 0 Å². The Balaban J connectivity index is 2.23. The summed E-state index contributed by atoms with van der Waals surface area (Å²) in [5, 5.41) is 0. The predicted octanol–water partition coefficient (Wildman–Crippen LogP) is 4.29. The van der Waals surface area contributed by atoms with Crippen molar-refractivity contribution in [3.63, 3.8) is 0 Å². The van der Waals surface area contributed by atoms with E-state index in [2.05, 4.69) is 63.8 Å². The van der Waals surface area contributed by atoms with E-state index in [1.54, 1.807) is 0 Å². The highest BCUT2D eigenvalue weighted by Gasteiger charge is 2.29. The molecular formula is C16H25N. The van der Waals surface area contributed by atoms with Gasteiger partial charge in [0.15, 0.2) is 0 Å². The number of hydrogen-bond acceptors (Lipinski definition) is 1. The predicted molar refractivity (Wildman–Crippen MR) is 75.7 cm³/mol. The van der Waals surface area contributed by atoms with Gasteiger partial charge < -0.3 is 4.90 Å². The van der Waals surface area contributed by atoms with Crippen molar-refractivity contribution < 1.29 is 0 Å². The van der Waals surface area contributed by atoms with E-state index in [9.17, 15) is 0 Å². The van der Waals surface area contributed by atoms with Crippen molar-refractivity contribution >= 4 is 5.69 Å². The quantitative estimate of drug-likeness (QED) is 0.701. The molecule has 1 fully saturated rings. The molecule has 1 unspecified atom stereocenters. The zero-order valence-electron chi connectivity index (χ0n) is 11.8. The zero-order valence-corrected chi connectivity index (χ0v) is 11.8. The molecule has 17 heavy (non-hydrogen) atoms. The molecule has 0 bridgehead atoms. The Labute approximate surface area is 106 Å². The number of anilines is 1. The molecule has 1 aliphatic rings. The van der Waals surface area contributed by atoms with Crippen LogP contribution in [0.1, 0.15) is 46.1 Å². The Morgan fingerprint density at radius 3 is 1.88 bits per heavy atom. The summed E-state index contributed by atoms with van der Waals surface area (Å²) >= 11 is 0. The monoisotopic (exact) mass is 231 g/mol. The molecule has 0 amide bonds. The first-order valence-electron chi connectivity index (χ1n) is 6.74. The zero-order chi connectivity index (χ0) is 12.6. The molecule has 2 rings (SSSR count). The van der Waals surface area contributed by atoms with Crippen LogP contribution >= 0.6 is 0 Å². The standard InChI is InChI=1S/C16H25N/c1-12(2)15(16(3,4)5)13-6-8-14(9-7-13)17-10-11-17/h6-9,12,15H,10-11H2,1-5H3. The van der Waals surface area contributed by atoms with Crippen LogP contribution in [-0.2, 0) is 0 Å². The second kappa shape index (κ2) is 4.36. The van der Waals surface area contributed by atoms with Crippen LogP contribution in [0.4, 0.5) is 5.69 Å². The fourth-order valence-electron chi connectivity index (χ4n) is 3.09. The molecule has 1 atom stereocenters. The summed E-state index contributed by atoms with van der Waals surface area (Å²) in [6.45, 7) is 14.1. The van der Waals surface area contributed by atoms with Crippen LogP contribution in [0.25, 0.3) is 0 Å². The van der Waals surface area contributed by atoms with Gasteiger partial charge in [0.2, 0.25) is 0 Å². The largest absolute Gasteiger partial charge is 0.368 e. The van der Waals surface area contributed by atoms with Gasteiger partial charge in [-0.3, -0.25) is 0 Å². The summed E-state index contributed by atoms with van der Waals surface area (Å²) in [5.74, 6) is 1.31.